The summed E-state index contributed by atoms with van der Waals surface area (Å²) in [6.45, 7) is 4.17. The van der Waals surface area contributed by atoms with E-state index in [0.29, 0.717) is 43.1 Å². The Balaban J connectivity index is 1.64. The molecule has 1 N–H and O–H groups in total. The molecule has 7 nitrogen and oxygen atoms in total. The van der Waals surface area contributed by atoms with E-state index in [9.17, 15) is 14.7 Å². The zero-order chi connectivity index (χ0) is 26.7. The molecule has 0 aliphatic carbocycles. The van der Waals surface area contributed by atoms with E-state index in [0.717, 1.165) is 10.9 Å². The number of carbonyl (C=O) groups is 1. The van der Waals surface area contributed by atoms with Crippen molar-refractivity contribution >= 4 is 66.5 Å². The quantitative estimate of drug-likeness (QED) is 0.204. The molecule has 0 saturated heterocycles. The molecular weight excluding hydrogens is 626 g/mol. The van der Waals surface area contributed by atoms with Gasteiger partial charge in [-0.2, -0.15) is 9.78 Å². The molecule has 1 heterocycles. The normalized spacial score (nSPS) is 12.2. The molecule has 1 aromatic heterocycles. The van der Waals surface area contributed by atoms with Gasteiger partial charge in [0, 0.05) is 10.4 Å². The lowest BCUT2D eigenvalue weighted by atomic mass is 10.1. The van der Waals surface area contributed by atoms with Crippen LogP contribution in [0.15, 0.2) is 73.4 Å². The second-order valence-electron chi connectivity index (χ2n) is 8.41. The van der Waals surface area contributed by atoms with E-state index < -0.39 is 5.97 Å². The summed E-state index contributed by atoms with van der Waals surface area (Å²) in [6.07, 6.45) is 2.35. The van der Waals surface area contributed by atoms with Crippen LogP contribution in [-0.2, 0) is 6.61 Å². The minimum Gasteiger partial charge on any atom is -0.486 e. The van der Waals surface area contributed by atoms with Crippen molar-refractivity contribution in [3.8, 4) is 5.75 Å². The molecule has 3 aromatic carbocycles. The molecule has 0 radical (unpaired) electrons. The zero-order valence-electron chi connectivity index (χ0n) is 19.9. The third-order valence-corrected chi connectivity index (χ3v) is 7.15. The van der Waals surface area contributed by atoms with Crippen LogP contribution in [0.4, 0.5) is 0 Å². The standard InChI is InChI=1S/C27H22Br2ClN3O4/c1-3-15(2)25-32-23-8-7-19(28)12-20(23)26(34)33(25)31-13-17-10-21(29)24(22(30)11-17)37-14-16-5-4-6-18(9-16)27(35)36/h4-13,15H,3,14H2,1-2H3,(H,35,36)/t15-/m1/s1. The summed E-state index contributed by atoms with van der Waals surface area (Å²) in [4.78, 5) is 29.2. The molecule has 37 heavy (non-hydrogen) atoms. The molecule has 0 unspecified atom stereocenters. The first kappa shape index (κ1) is 27.0. The number of aromatic nitrogens is 2. The van der Waals surface area contributed by atoms with Crippen molar-refractivity contribution < 1.29 is 14.6 Å². The zero-order valence-corrected chi connectivity index (χ0v) is 23.8. The van der Waals surface area contributed by atoms with Crippen LogP contribution < -0.4 is 10.3 Å². The Bertz CT molecular complexity index is 1560. The third kappa shape index (κ3) is 6.11. The SMILES string of the molecule is CC[C@@H](C)c1nc2ccc(Br)cc2c(=O)n1N=Cc1cc(Cl)c(OCc2cccc(C(=O)O)c2)c(Br)c1. The van der Waals surface area contributed by atoms with Crippen LogP contribution in [0, 0.1) is 0 Å². The molecule has 4 aromatic rings. The highest BCUT2D eigenvalue weighted by atomic mass is 79.9. The fourth-order valence-electron chi connectivity index (χ4n) is 3.65. The molecule has 0 saturated carbocycles. The summed E-state index contributed by atoms with van der Waals surface area (Å²) >= 11 is 13.4. The van der Waals surface area contributed by atoms with Crippen molar-refractivity contribution in [2.24, 2.45) is 5.10 Å². The summed E-state index contributed by atoms with van der Waals surface area (Å²) in [6, 6.07) is 15.4. The number of hydrogen-bond donors (Lipinski definition) is 1. The van der Waals surface area contributed by atoms with Gasteiger partial charge in [0.15, 0.2) is 5.75 Å². The van der Waals surface area contributed by atoms with Crippen LogP contribution in [0.25, 0.3) is 10.9 Å². The molecular formula is C27H22Br2ClN3O4. The number of carboxylic acids is 1. The fourth-order valence-corrected chi connectivity index (χ4v) is 4.99. The van der Waals surface area contributed by atoms with Gasteiger partial charge in [0.05, 0.1) is 32.2 Å². The first-order valence-electron chi connectivity index (χ1n) is 11.4. The van der Waals surface area contributed by atoms with E-state index in [1.54, 1.807) is 42.6 Å². The van der Waals surface area contributed by atoms with Gasteiger partial charge in [0.1, 0.15) is 12.4 Å². The van der Waals surface area contributed by atoms with Crippen molar-refractivity contribution in [1.29, 1.82) is 0 Å². The van der Waals surface area contributed by atoms with Crippen LogP contribution in [0.3, 0.4) is 0 Å². The Labute approximate surface area is 235 Å². The van der Waals surface area contributed by atoms with Crippen LogP contribution in [0.1, 0.15) is 53.5 Å². The van der Waals surface area contributed by atoms with Gasteiger partial charge in [-0.15, -0.1) is 0 Å². The predicted octanol–water partition coefficient (Wildman–Crippen LogP) is 7.25. The maximum absolute atomic E-state index is 13.3. The molecule has 10 heteroatoms. The number of nitrogens with zero attached hydrogens (tertiary/aromatic N) is 3. The molecule has 0 aliphatic heterocycles. The molecule has 0 bridgehead atoms. The van der Waals surface area contributed by atoms with E-state index in [1.807, 2.05) is 26.0 Å². The minimum atomic E-state index is -1.01. The summed E-state index contributed by atoms with van der Waals surface area (Å²) < 4.78 is 8.57. The molecule has 0 spiro atoms. The monoisotopic (exact) mass is 645 g/mol. The second kappa shape index (κ2) is 11.6. The van der Waals surface area contributed by atoms with E-state index in [-0.39, 0.29) is 23.6 Å². The van der Waals surface area contributed by atoms with Gasteiger partial charge in [-0.25, -0.2) is 9.78 Å². The molecule has 1 atom stereocenters. The summed E-state index contributed by atoms with van der Waals surface area (Å²) in [7, 11) is 0. The Hall–Kier alpha value is -3.01. The average molecular weight is 648 g/mol. The first-order valence-corrected chi connectivity index (χ1v) is 13.3. The lowest BCUT2D eigenvalue weighted by Crippen LogP contribution is -2.23. The van der Waals surface area contributed by atoms with Crippen LogP contribution in [-0.4, -0.2) is 27.0 Å². The second-order valence-corrected chi connectivity index (χ2v) is 10.6. The van der Waals surface area contributed by atoms with Crippen molar-refractivity contribution in [3.05, 3.63) is 101 Å². The maximum Gasteiger partial charge on any atom is 0.335 e. The maximum atomic E-state index is 13.3. The highest BCUT2D eigenvalue weighted by Gasteiger charge is 2.16. The topological polar surface area (TPSA) is 93.8 Å². The largest absolute Gasteiger partial charge is 0.486 e. The smallest absolute Gasteiger partial charge is 0.335 e. The van der Waals surface area contributed by atoms with Crippen LogP contribution in [0.5, 0.6) is 5.75 Å². The van der Waals surface area contributed by atoms with Crippen molar-refractivity contribution in [1.82, 2.24) is 9.66 Å². The van der Waals surface area contributed by atoms with E-state index in [1.165, 1.54) is 10.7 Å². The average Bonchev–Trinajstić information content (AvgIpc) is 2.87. The Morgan fingerprint density at radius 2 is 2.00 bits per heavy atom. The number of benzene rings is 3. The van der Waals surface area contributed by atoms with Gasteiger partial charge in [0.2, 0.25) is 0 Å². The van der Waals surface area contributed by atoms with Gasteiger partial charge in [-0.3, -0.25) is 4.79 Å². The van der Waals surface area contributed by atoms with Gasteiger partial charge < -0.3 is 9.84 Å². The van der Waals surface area contributed by atoms with E-state index in [2.05, 4.69) is 37.0 Å². The van der Waals surface area contributed by atoms with Crippen molar-refractivity contribution in [3.63, 3.8) is 0 Å². The number of hydrogen-bond acceptors (Lipinski definition) is 5. The number of halogens is 3. The van der Waals surface area contributed by atoms with Crippen molar-refractivity contribution in [2.75, 3.05) is 0 Å². The lowest BCUT2D eigenvalue weighted by Gasteiger charge is -2.14. The van der Waals surface area contributed by atoms with Gasteiger partial charge in [-0.1, -0.05) is 53.5 Å². The van der Waals surface area contributed by atoms with Gasteiger partial charge >= 0.3 is 5.97 Å². The van der Waals surface area contributed by atoms with Crippen molar-refractivity contribution in [2.45, 2.75) is 32.8 Å². The minimum absolute atomic E-state index is 0.0172. The molecule has 0 fully saturated rings. The molecule has 190 valence electrons. The Kier molecular flexibility index (Phi) is 8.46. The molecule has 0 aliphatic rings. The summed E-state index contributed by atoms with van der Waals surface area (Å²) in [5.74, 6) is -0.000296. The van der Waals surface area contributed by atoms with Gasteiger partial charge in [0.25, 0.3) is 5.56 Å². The van der Waals surface area contributed by atoms with Gasteiger partial charge in [-0.05, 0) is 75.9 Å². The number of aromatic carboxylic acids is 1. The Morgan fingerprint density at radius 1 is 1.22 bits per heavy atom. The molecule has 4 rings (SSSR count). The van der Waals surface area contributed by atoms with Crippen LogP contribution in [0.2, 0.25) is 5.02 Å². The number of ether oxygens (including phenoxy) is 1. The summed E-state index contributed by atoms with van der Waals surface area (Å²) in [5.41, 5.74) is 1.89. The van der Waals surface area contributed by atoms with E-state index >= 15 is 0 Å². The summed E-state index contributed by atoms with van der Waals surface area (Å²) in [5, 5.41) is 14.5. The van der Waals surface area contributed by atoms with E-state index in [4.69, 9.17) is 21.3 Å². The van der Waals surface area contributed by atoms with Crippen LogP contribution >= 0.6 is 43.5 Å². The number of fused-ring (bicyclic) bond motifs is 1. The highest BCUT2D eigenvalue weighted by molar-refractivity contribution is 9.10. The number of carboxylic acid groups (broad SMARTS) is 1. The number of rotatable bonds is 8. The first-order chi connectivity index (χ1) is 17.7. The third-order valence-electron chi connectivity index (χ3n) is 5.79. The Morgan fingerprint density at radius 3 is 2.70 bits per heavy atom. The molecule has 0 amide bonds. The lowest BCUT2D eigenvalue weighted by molar-refractivity contribution is 0.0696. The fraction of sp³-hybridized carbons (Fsp3) is 0.185. The predicted molar refractivity (Wildman–Crippen MR) is 152 cm³/mol. The highest BCUT2D eigenvalue weighted by Crippen LogP contribution is 2.35.